The number of hydrogen-bond donors (Lipinski definition) is 2. The first-order chi connectivity index (χ1) is 13.1. The summed E-state index contributed by atoms with van der Waals surface area (Å²) in [7, 11) is 1.68. The van der Waals surface area contributed by atoms with Gasteiger partial charge in [-0.3, -0.25) is 14.3 Å². The van der Waals surface area contributed by atoms with Crippen LogP contribution in [0.5, 0.6) is 0 Å². The molecule has 0 aliphatic heterocycles. The van der Waals surface area contributed by atoms with Gasteiger partial charge in [0.1, 0.15) is 5.82 Å². The molecule has 134 valence electrons. The number of nitrogens with zero attached hydrogens (tertiary/aromatic N) is 2. The number of carbonyl (C=O) groups is 2. The zero-order chi connectivity index (χ0) is 18.8. The number of thiophene rings is 1. The third-order valence-electron chi connectivity index (χ3n) is 4.11. The standard InChI is InChI=1S/C20H16N4O2S/c1-24-18(22-20(26)17-7-4-10-27-17)12-16(23-24)19(25)21-15-9-8-13-5-2-3-6-14(13)11-15/h2-12H,1H3,(H,21,25)(H,22,26). The van der Waals surface area contributed by atoms with E-state index >= 15 is 0 Å². The Bertz CT molecular complexity index is 1130. The van der Waals surface area contributed by atoms with Crippen molar-refractivity contribution < 1.29 is 9.59 Å². The minimum atomic E-state index is -0.336. The number of aryl methyl sites for hydroxylation is 1. The van der Waals surface area contributed by atoms with Gasteiger partial charge in [0.15, 0.2) is 5.69 Å². The van der Waals surface area contributed by atoms with E-state index in [2.05, 4.69) is 15.7 Å². The number of hydrogen-bond acceptors (Lipinski definition) is 4. The van der Waals surface area contributed by atoms with Crippen LogP contribution < -0.4 is 10.6 Å². The molecule has 0 bridgehead atoms. The van der Waals surface area contributed by atoms with Gasteiger partial charge in [0, 0.05) is 18.8 Å². The van der Waals surface area contributed by atoms with E-state index in [0.29, 0.717) is 16.4 Å². The molecule has 0 aliphatic carbocycles. The topological polar surface area (TPSA) is 76.0 Å². The van der Waals surface area contributed by atoms with Crippen molar-refractivity contribution in [2.75, 3.05) is 10.6 Å². The molecule has 27 heavy (non-hydrogen) atoms. The molecule has 2 N–H and O–H groups in total. The van der Waals surface area contributed by atoms with E-state index in [9.17, 15) is 9.59 Å². The third-order valence-corrected chi connectivity index (χ3v) is 4.97. The second-order valence-electron chi connectivity index (χ2n) is 5.99. The average Bonchev–Trinajstić information content (AvgIpc) is 3.32. The minimum Gasteiger partial charge on any atom is -0.321 e. The van der Waals surface area contributed by atoms with E-state index in [1.807, 2.05) is 53.9 Å². The smallest absolute Gasteiger partial charge is 0.276 e. The van der Waals surface area contributed by atoms with Crippen molar-refractivity contribution in [3.63, 3.8) is 0 Å². The molecule has 0 radical (unpaired) electrons. The summed E-state index contributed by atoms with van der Waals surface area (Å²) in [6.07, 6.45) is 0. The molecule has 0 saturated carbocycles. The van der Waals surface area contributed by atoms with Crippen molar-refractivity contribution in [1.82, 2.24) is 9.78 Å². The molecule has 0 atom stereocenters. The van der Waals surface area contributed by atoms with Gasteiger partial charge in [0.05, 0.1) is 4.88 Å². The summed E-state index contributed by atoms with van der Waals surface area (Å²) >= 11 is 1.35. The summed E-state index contributed by atoms with van der Waals surface area (Å²) in [5.74, 6) is -0.107. The number of amides is 2. The summed E-state index contributed by atoms with van der Waals surface area (Å²) < 4.78 is 1.47. The number of carbonyl (C=O) groups excluding carboxylic acids is 2. The van der Waals surface area contributed by atoms with Crippen LogP contribution in [0.15, 0.2) is 66.0 Å². The van der Waals surface area contributed by atoms with Crippen molar-refractivity contribution in [2.45, 2.75) is 0 Å². The fraction of sp³-hybridized carbons (Fsp3) is 0.0500. The predicted octanol–water partition coefficient (Wildman–Crippen LogP) is 4.14. The van der Waals surface area contributed by atoms with Crippen LogP contribution in [0.1, 0.15) is 20.2 Å². The minimum absolute atomic E-state index is 0.227. The first-order valence-electron chi connectivity index (χ1n) is 8.29. The highest BCUT2D eigenvalue weighted by molar-refractivity contribution is 7.12. The van der Waals surface area contributed by atoms with Crippen LogP contribution in [0.4, 0.5) is 11.5 Å². The molecule has 0 fully saturated rings. The molecular weight excluding hydrogens is 360 g/mol. The zero-order valence-corrected chi connectivity index (χ0v) is 15.3. The Balaban J connectivity index is 1.51. The Labute approximate surface area is 159 Å². The molecule has 2 aromatic carbocycles. The summed E-state index contributed by atoms with van der Waals surface area (Å²) in [6, 6.07) is 18.8. The van der Waals surface area contributed by atoms with Crippen LogP contribution in [0.2, 0.25) is 0 Å². The van der Waals surface area contributed by atoms with E-state index in [1.54, 1.807) is 19.2 Å². The quantitative estimate of drug-likeness (QED) is 0.562. The summed E-state index contributed by atoms with van der Waals surface area (Å²) in [5, 5.41) is 13.8. The van der Waals surface area contributed by atoms with Crippen LogP contribution in [-0.4, -0.2) is 21.6 Å². The molecule has 6 nitrogen and oxygen atoms in total. The Morgan fingerprint density at radius 3 is 2.52 bits per heavy atom. The maximum atomic E-state index is 12.5. The van der Waals surface area contributed by atoms with Gasteiger partial charge in [-0.15, -0.1) is 11.3 Å². The average molecular weight is 376 g/mol. The molecule has 2 amide bonds. The Morgan fingerprint density at radius 2 is 1.74 bits per heavy atom. The lowest BCUT2D eigenvalue weighted by atomic mass is 10.1. The van der Waals surface area contributed by atoms with Crippen molar-refractivity contribution in [3.8, 4) is 0 Å². The van der Waals surface area contributed by atoms with Crippen LogP contribution >= 0.6 is 11.3 Å². The van der Waals surface area contributed by atoms with Crippen molar-refractivity contribution in [3.05, 3.63) is 76.6 Å². The summed E-state index contributed by atoms with van der Waals surface area (Å²) in [5.41, 5.74) is 0.917. The van der Waals surface area contributed by atoms with Crippen molar-refractivity contribution in [2.24, 2.45) is 7.05 Å². The van der Waals surface area contributed by atoms with Gasteiger partial charge < -0.3 is 10.6 Å². The lowest BCUT2D eigenvalue weighted by molar-refractivity contribution is 0.101. The molecule has 0 aliphatic rings. The second-order valence-corrected chi connectivity index (χ2v) is 6.93. The molecule has 0 unspecified atom stereocenters. The van der Waals surface area contributed by atoms with Gasteiger partial charge in [-0.2, -0.15) is 5.10 Å². The van der Waals surface area contributed by atoms with Gasteiger partial charge in [-0.25, -0.2) is 0 Å². The van der Waals surface area contributed by atoms with Gasteiger partial charge in [0.2, 0.25) is 0 Å². The summed E-state index contributed by atoms with van der Waals surface area (Å²) in [4.78, 5) is 25.3. The van der Waals surface area contributed by atoms with E-state index in [-0.39, 0.29) is 17.5 Å². The number of rotatable bonds is 4. The van der Waals surface area contributed by atoms with E-state index in [4.69, 9.17) is 0 Å². The summed E-state index contributed by atoms with van der Waals surface area (Å²) in [6.45, 7) is 0. The highest BCUT2D eigenvalue weighted by Gasteiger charge is 2.16. The largest absolute Gasteiger partial charge is 0.321 e. The molecule has 0 saturated heterocycles. The zero-order valence-electron chi connectivity index (χ0n) is 14.5. The van der Waals surface area contributed by atoms with E-state index in [1.165, 1.54) is 16.0 Å². The fourth-order valence-corrected chi connectivity index (χ4v) is 3.36. The third kappa shape index (κ3) is 3.58. The first-order valence-corrected chi connectivity index (χ1v) is 9.17. The SMILES string of the molecule is Cn1nc(C(=O)Nc2ccc3ccccc3c2)cc1NC(=O)c1cccs1. The maximum Gasteiger partial charge on any atom is 0.276 e. The normalized spacial score (nSPS) is 10.7. The van der Waals surface area contributed by atoms with E-state index in [0.717, 1.165) is 10.8 Å². The predicted molar refractivity (Wildman–Crippen MR) is 107 cm³/mol. The van der Waals surface area contributed by atoms with Gasteiger partial charge in [-0.05, 0) is 34.4 Å². The first kappa shape index (κ1) is 17.0. The number of aromatic nitrogens is 2. The van der Waals surface area contributed by atoms with E-state index < -0.39 is 0 Å². The number of nitrogens with one attached hydrogen (secondary N) is 2. The second kappa shape index (κ2) is 7.05. The molecule has 2 heterocycles. The number of fused-ring (bicyclic) bond motifs is 1. The Hall–Kier alpha value is -3.45. The molecular formula is C20H16N4O2S. The molecule has 0 spiro atoms. The van der Waals surface area contributed by atoms with Crippen LogP contribution in [0.25, 0.3) is 10.8 Å². The van der Waals surface area contributed by atoms with Gasteiger partial charge in [-0.1, -0.05) is 36.4 Å². The number of anilines is 2. The highest BCUT2D eigenvalue weighted by atomic mass is 32.1. The molecule has 4 aromatic rings. The number of benzene rings is 2. The molecule has 4 rings (SSSR count). The monoisotopic (exact) mass is 376 g/mol. The van der Waals surface area contributed by atoms with Gasteiger partial charge in [0.25, 0.3) is 11.8 Å². The fourth-order valence-electron chi connectivity index (χ4n) is 2.74. The van der Waals surface area contributed by atoms with Crippen LogP contribution in [-0.2, 0) is 7.05 Å². The van der Waals surface area contributed by atoms with Crippen LogP contribution in [0.3, 0.4) is 0 Å². The van der Waals surface area contributed by atoms with Crippen molar-refractivity contribution >= 4 is 45.4 Å². The van der Waals surface area contributed by atoms with Crippen molar-refractivity contribution in [1.29, 1.82) is 0 Å². The molecule has 2 aromatic heterocycles. The molecule has 7 heteroatoms. The highest BCUT2D eigenvalue weighted by Crippen LogP contribution is 2.20. The van der Waals surface area contributed by atoms with Gasteiger partial charge >= 0.3 is 0 Å². The van der Waals surface area contributed by atoms with Crippen LogP contribution in [0, 0.1) is 0 Å². The lowest BCUT2D eigenvalue weighted by Crippen LogP contribution is -2.13. The maximum absolute atomic E-state index is 12.5. The lowest BCUT2D eigenvalue weighted by Gasteiger charge is -2.05. The Morgan fingerprint density at radius 1 is 0.926 bits per heavy atom. The Kier molecular flexibility index (Phi) is 4.43.